The zero-order valence-electron chi connectivity index (χ0n) is 11.0. The number of nitrogens with one attached hydrogen (secondary N) is 1. The SMILES string of the molecule is O=C(Nc1ccc(S(=O)(=O)C(F)F)cc1)c1ccccc1Br. The molecule has 2 rings (SSSR count). The second-order valence-electron chi connectivity index (χ2n) is 4.26. The van der Waals surface area contributed by atoms with E-state index in [0.29, 0.717) is 15.7 Å². The van der Waals surface area contributed by atoms with Gasteiger partial charge in [-0.3, -0.25) is 4.79 Å². The van der Waals surface area contributed by atoms with E-state index in [9.17, 15) is 22.0 Å². The van der Waals surface area contributed by atoms with Crippen LogP contribution in [0.5, 0.6) is 0 Å². The molecule has 0 bridgehead atoms. The van der Waals surface area contributed by atoms with Gasteiger partial charge in [0.25, 0.3) is 5.91 Å². The minimum atomic E-state index is -4.63. The monoisotopic (exact) mass is 389 g/mol. The highest BCUT2D eigenvalue weighted by molar-refractivity contribution is 9.10. The maximum atomic E-state index is 12.4. The van der Waals surface area contributed by atoms with Crippen molar-refractivity contribution in [1.29, 1.82) is 0 Å². The van der Waals surface area contributed by atoms with Crippen LogP contribution in [0.3, 0.4) is 0 Å². The fraction of sp³-hybridized carbons (Fsp3) is 0.0714. The Kier molecular flexibility index (Phi) is 4.92. The van der Waals surface area contributed by atoms with Gasteiger partial charge in [-0.25, -0.2) is 8.42 Å². The number of amides is 1. The average Bonchev–Trinajstić information content (AvgIpc) is 2.48. The number of alkyl halides is 2. The molecule has 0 heterocycles. The summed E-state index contributed by atoms with van der Waals surface area (Å²) in [5, 5.41) is 2.56. The van der Waals surface area contributed by atoms with Crippen molar-refractivity contribution in [3.63, 3.8) is 0 Å². The summed E-state index contributed by atoms with van der Waals surface area (Å²) in [5.74, 6) is -3.88. The molecule has 0 aromatic heterocycles. The molecule has 0 aliphatic heterocycles. The number of halogens is 3. The first-order chi connectivity index (χ1) is 10.3. The molecule has 8 heteroatoms. The first-order valence-electron chi connectivity index (χ1n) is 6.00. The Balaban J connectivity index is 2.19. The van der Waals surface area contributed by atoms with Gasteiger partial charge in [-0.15, -0.1) is 0 Å². The number of carbonyl (C=O) groups excluding carboxylic acids is 1. The van der Waals surface area contributed by atoms with Crippen LogP contribution in [-0.2, 0) is 9.84 Å². The third kappa shape index (κ3) is 3.50. The first-order valence-corrected chi connectivity index (χ1v) is 8.34. The van der Waals surface area contributed by atoms with Crippen molar-refractivity contribution in [1.82, 2.24) is 0 Å². The number of hydrogen-bond acceptors (Lipinski definition) is 3. The molecule has 0 spiro atoms. The van der Waals surface area contributed by atoms with Gasteiger partial charge in [0.05, 0.1) is 10.5 Å². The fourth-order valence-corrected chi connectivity index (χ4v) is 2.86. The number of sulfone groups is 1. The molecule has 0 radical (unpaired) electrons. The summed E-state index contributed by atoms with van der Waals surface area (Å²) in [7, 11) is -4.63. The lowest BCUT2D eigenvalue weighted by atomic mass is 10.2. The van der Waals surface area contributed by atoms with Gasteiger partial charge in [0.15, 0.2) is 0 Å². The maximum Gasteiger partial charge on any atom is 0.341 e. The fourth-order valence-electron chi connectivity index (χ4n) is 1.67. The minimum absolute atomic E-state index is 0.300. The Hall–Kier alpha value is -1.80. The van der Waals surface area contributed by atoms with Gasteiger partial charge in [-0.05, 0) is 52.3 Å². The molecule has 1 N–H and O–H groups in total. The van der Waals surface area contributed by atoms with Gasteiger partial charge < -0.3 is 5.32 Å². The van der Waals surface area contributed by atoms with Crippen molar-refractivity contribution in [2.75, 3.05) is 5.32 Å². The molecule has 2 aromatic rings. The van der Waals surface area contributed by atoms with Crippen LogP contribution in [-0.4, -0.2) is 20.1 Å². The van der Waals surface area contributed by atoms with E-state index in [1.807, 2.05) is 0 Å². The predicted molar refractivity (Wildman–Crippen MR) is 81.7 cm³/mol. The Morgan fingerprint density at radius 2 is 1.64 bits per heavy atom. The molecular formula is C14H10BrF2NO3S. The molecule has 0 aliphatic carbocycles. The molecule has 4 nitrogen and oxygen atoms in total. The number of hydrogen-bond donors (Lipinski definition) is 1. The quantitative estimate of drug-likeness (QED) is 0.866. The zero-order valence-corrected chi connectivity index (χ0v) is 13.4. The van der Waals surface area contributed by atoms with E-state index < -0.39 is 26.4 Å². The maximum absolute atomic E-state index is 12.4. The molecule has 0 saturated carbocycles. The highest BCUT2D eigenvalue weighted by Crippen LogP contribution is 2.21. The highest BCUT2D eigenvalue weighted by atomic mass is 79.9. The third-order valence-electron chi connectivity index (χ3n) is 2.79. The van der Waals surface area contributed by atoms with Crippen LogP contribution >= 0.6 is 15.9 Å². The largest absolute Gasteiger partial charge is 0.341 e. The summed E-state index contributed by atoms with van der Waals surface area (Å²) in [6.45, 7) is 0. The predicted octanol–water partition coefficient (Wildman–Crippen LogP) is 3.70. The summed E-state index contributed by atoms with van der Waals surface area (Å²) in [6, 6.07) is 11.3. The van der Waals surface area contributed by atoms with Crippen LogP contribution in [0, 0.1) is 0 Å². The van der Waals surface area contributed by atoms with Crippen molar-refractivity contribution < 1.29 is 22.0 Å². The van der Waals surface area contributed by atoms with Crippen molar-refractivity contribution in [2.24, 2.45) is 0 Å². The Labute approximate surface area is 134 Å². The van der Waals surface area contributed by atoms with Crippen LogP contribution in [0.2, 0.25) is 0 Å². The summed E-state index contributed by atoms with van der Waals surface area (Å²) in [5.41, 5.74) is 0.695. The van der Waals surface area contributed by atoms with Crippen molar-refractivity contribution >= 4 is 37.4 Å². The lowest BCUT2D eigenvalue weighted by Gasteiger charge is -2.08. The van der Waals surface area contributed by atoms with E-state index in [4.69, 9.17) is 0 Å². The second-order valence-corrected chi connectivity index (χ2v) is 7.04. The van der Waals surface area contributed by atoms with Gasteiger partial charge in [0.1, 0.15) is 0 Å². The molecule has 0 fully saturated rings. The van der Waals surface area contributed by atoms with E-state index in [2.05, 4.69) is 21.2 Å². The number of carbonyl (C=O) groups is 1. The van der Waals surface area contributed by atoms with E-state index >= 15 is 0 Å². The van der Waals surface area contributed by atoms with Gasteiger partial charge in [0, 0.05) is 10.2 Å². The average molecular weight is 390 g/mol. The summed E-state index contributed by atoms with van der Waals surface area (Å²) in [4.78, 5) is 11.5. The van der Waals surface area contributed by atoms with E-state index in [-0.39, 0.29) is 0 Å². The van der Waals surface area contributed by atoms with Crippen molar-refractivity contribution in [3.8, 4) is 0 Å². The van der Waals surface area contributed by atoms with Crippen LogP contribution in [0.15, 0.2) is 57.9 Å². The lowest BCUT2D eigenvalue weighted by molar-refractivity contribution is 0.102. The van der Waals surface area contributed by atoms with Gasteiger partial charge >= 0.3 is 5.76 Å². The van der Waals surface area contributed by atoms with Crippen LogP contribution in [0.4, 0.5) is 14.5 Å². The van der Waals surface area contributed by atoms with Gasteiger partial charge in [-0.2, -0.15) is 8.78 Å². The lowest BCUT2D eigenvalue weighted by Crippen LogP contribution is -2.13. The second kappa shape index (κ2) is 6.53. The molecule has 1 amide bonds. The normalized spacial score (nSPS) is 11.5. The highest BCUT2D eigenvalue weighted by Gasteiger charge is 2.26. The Bertz CT molecular complexity index is 792. The molecule has 0 unspecified atom stereocenters. The molecule has 116 valence electrons. The van der Waals surface area contributed by atoms with E-state index in [1.165, 1.54) is 12.1 Å². The Morgan fingerprint density at radius 1 is 1.05 bits per heavy atom. The van der Waals surface area contributed by atoms with E-state index in [0.717, 1.165) is 12.1 Å². The summed E-state index contributed by atoms with van der Waals surface area (Å²) >= 11 is 3.24. The standard InChI is InChI=1S/C14H10BrF2NO3S/c15-12-4-2-1-3-11(12)13(19)18-9-5-7-10(8-6-9)22(20,21)14(16)17/h1-8,14H,(H,18,19). The summed E-state index contributed by atoms with van der Waals surface area (Å²) in [6.07, 6.45) is 0. The molecular weight excluding hydrogens is 380 g/mol. The van der Waals surface area contributed by atoms with E-state index in [1.54, 1.807) is 24.3 Å². The molecule has 22 heavy (non-hydrogen) atoms. The minimum Gasteiger partial charge on any atom is -0.322 e. The number of rotatable bonds is 4. The molecule has 0 saturated heterocycles. The van der Waals surface area contributed by atoms with Crippen molar-refractivity contribution in [3.05, 3.63) is 58.6 Å². The third-order valence-corrected chi connectivity index (χ3v) is 4.88. The molecule has 0 atom stereocenters. The molecule has 2 aromatic carbocycles. The zero-order chi connectivity index (χ0) is 16.3. The van der Waals surface area contributed by atoms with Gasteiger partial charge in [-0.1, -0.05) is 12.1 Å². The smallest absolute Gasteiger partial charge is 0.322 e. The topological polar surface area (TPSA) is 63.2 Å². The number of anilines is 1. The molecule has 0 aliphatic rings. The van der Waals surface area contributed by atoms with Crippen molar-refractivity contribution in [2.45, 2.75) is 10.7 Å². The summed E-state index contributed by atoms with van der Waals surface area (Å²) < 4.78 is 48.0. The van der Waals surface area contributed by atoms with Gasteiger partial charge in [0.2, 0.25) is 9.84 Å². The first kappa shape index (κ1) is 16.6. The number of benzene rings is 2. The van der Waals surface area contributed by atoms with Crippen LogP contribution in [0.25, 0.3) is 0 Å². The Morgan fingerprint density at radius 3 is 2.18 bits per heavy atom. The van der Waals surface area contributed by atoms with Crippen LogP contribution in [0.1, 0.15) is 10.4 Å². The van der Waals surface area contributed by atoms with Crippen LogP contribution < -0.4 is 5.32 Å².